The molecule has 15 heavy (non-hydrogen) atoms. The van der Waals surface area contributed by atoms with Crippen LogP contribution in [0.15, 0.2) is 12.1 Å². The van der Waals surface area contributed by atoms with Crippen LogP contribution in [0.2, 0.25) is 5.02 Å². The van der Waals surface area contributed by atoms with E-state index in [1.807, 2.05) is 22.6 Å². The predicted octanol–water partition coefficient (Wildman–Crippen LogP) is 4.08. The number of nitrogens with zero attached hydrogens (tertiary/aromatic N) is 1. The van der Waals surface area contributed by atoms with Crippen molar-refractivity contribution >= 4 is 45.1 Å². The lowest BCUT2D eigenvalue weighted by atomic mass is 10.2. The summed E-state index contributed by atoms with van der Waals surface area (Å²) in [6.45, 7) is 1.71. The average molecular weight is 340 g/mol. The van der Waals surface area contributed by atoms with Crippen molar-refractivity contribution in [1.82, 2.24) is 4.98 Å². The van der Waals surface area contributed by atoms with E-state index in [9.17, 15) is 8.78 Å². The second-order valence-corrected chi connectivity index (χ2v) is 4.54. The number of aromatic nitrogens is 1. The van der Waals surface area contributed by atoms with Crippen molar-refractivity contribution in [3.05, 3.63) is 38.1 Å². The quantitative estimate of drug-likeness (QED) is 0.659. The van der Waals surface area contributed by atoms with Crippen molar-refractivity contribution < 1.29 is 8.78 Å². The highest BCUT2D eigenvalue weighted by molar-refractivity contribution is 14.1. The maximum atomic E-state index is 13.4. The Morgan fingerprint density at radius 2 is 2.00 bits per heavy atom. The van der Waals surface area contributed by atoms with Gasteiger partial charge in [-0.3, -0.25) is 0 Å². The van der Waals surface area contributed by atoms with E-state index in [0.717, 1.165) is 9.64 Å². The topological polar surface area (TPSA) is 12.9 Å². The second kappa shape index (κ2) is 3.83. The van der Waals surface area contributed by atoms with E-state index >= 15 is 0 Å². The van der Waals surface area contributed by atoms with Gasteiger partial charge in [0.2, 0.25) is 0 Å². The van der Waals surface area contributed by atoms with Gasteiger partial charge in [0.05, 0.1) is 14.3 Å². The first-order valence-corrected chi connectivity index (χ1v) is 5.57. The van der Waals surface area contributed by atoms with Gasteiger partial charge in [0.25, 0.3) is 0 Å². The summed E-state index contributed by atoms with van der Waals surface area (Å²) in [4.78, 5) is 3.99. The lowest BCUT2D eigenvalue weighted by Gasteiger charge is -2.06. The number of benzene rings is 1. The molecule has 0 bridgehead atoms. The molecule has 0 fully saturated rings. The molecule has 0 unspecified atom stereocenters. The van der Waals surface area contributed by atoms with Crippen LogP contribution in [0.25, 0.3) is 10.9 Å². The zero-order valence-electron chi connectivity index (χ0n) is 7.61. The Morgan fingerprint density at radius 3 is 2.67 bits per heavy atom. The van der Waals surface area contributed by atoms with Gasteiger partial charge in [0.1, 0.15) is 5.52 Å². The van der Waals surface area contributed by atoms with Gasteiger partial charge in [0.15, 0.2) is 11.6 Å². The van der Waals surface area contributed by atoms with E-state index in [4.69, 9.17) is 11.6 Å². The number of fused-ring (bicyclic) bond motifs is 1. The summed E-state index contributed by atoms with van der Waals surface area (Å²) in [5.41, 5.74) is 0.579. The van der Waals surface area contributed by atoms with Crippen molar-refractivity contribution in [2.75, 3.05) is 0 Å². The first kappa shape index (κ1) is 11.0. The predicted molar refractivity (Wildman–Crippen MR) is 64.1 cm³/mol. The molecular formula is C10H5ClF2IN. The maximum absolute atomic E-state index is 13.4. The van der Waals surface area contributed by atoms with Crippen molar-refractivity contribution in [2.45, 2.75) is 6.92 Å². The molecule has 1 aromatic carbocycles. The largest absolute Gasteiger partial charge is 0.249 e. The van der Waals surface area contributed by atoms with Crippen molar-refractivity contribution in [2.24, 2.45) is 0 Å². The zero-order valence-corrected chi connectivity index (χ0v) is 10.5. The van der Waals surface area contributed by atoms with E-state index in [1.165, 1.54) is 6.07 Å². The number of hydrogen-bond acceptors (Lipinski definition) is 1. The molecular weight excluding hydrogens is 334 g/mol. The second-order valence-electron chi connectivity index (χ2n) is 3.08. The third kappa shape index (κ3) is 1.69. The number of pyridine rings is 1. The van der Waals surface area contributed by atoms with Crippen molar-refractivity contribution in [3.63, 3.8) is 0 Å². The molecule has 0 N–H and O–H groups in total. The van der Waals surface area contributed by atoms with Crippen LogP contribution in [0, 0.1) is 22.1 Å². The normalized spacial score (nSPS) is 11.0. The summed E-state index contributed by atoms with van der Waals surface area (Å²) in [7, 11) is 0. The molecule has 0 aliphatic rings. The molecule has 1 nitrogen and oxygen atoms in total. The highest BCUT2D eigenvalue weighted by Gasteiger charge is 2.14. The van der Waals surface area contributed by atoms with Gasteiger partial charge in [-0.2, -0.15) is 0 Å². The van der Waals surface area contributed by atoms with Gasteiger partial charge in [-0.1, -0.05) is 11.6 Å². The highest BCUT2D eigenvalue weighted by Crippen LogP contribution is 2.30. The van der Waals surface area contributed by atoms with Crippen LogP contribution >= 0.6 is 34.2 Å². The van der Waals surface area contributed by atoms with Gasteiger partial charge in [0, 0.05) is 5.39 Å². The van der Waals surface area contributed by atoms with Crippen molar-refractivity contribution in [3.8, 4) is 0 Å². The summed E-state index contributed by atoms with van der Waals surface area (Å²) in [5.74, 6) is -1.86. The Balaban J connectivity index is 2.98. The van der Waals surface area contributed by atoms with Crippen LogP contribution in [-0.4, -0.2) is 4.98 Å². The fourth-order valence-electron chi connectivity index (χ4n) is 1.32. The number of aryl methyl sites for hydroxylation is 1. The summed E-state index contributed by atoms with van der Waals surface area (Å²) in [5, 5.41) is 0.850. The third-order valence-electron chi connectivity index (χ3n) is 2.10. The summed E-state index contributed by atoms with van der Waals surface area (Å²) < 4.78 is 27.1. The molecule has 78 valence electrons. The van der Waals surface area contributed by atoms with Gasteiger partial charge in [-0.25, -0.2) is 13.8 Å². The standard InChI is InChI=1S/C10H5ClF2IN/c1-4-9(14)7(11)5-2-3-6(12)8(13)10(5)15-4/h2-3H,1H3. The fourth-order valence-corrected chi connectivity index (χ4v) is 2.02. The molecule has 0 spiro atoms. The van der Waals surface area contributed by atoms with Gasteiger partial charge in [-0.05, 0) is 41.6 Å². The minimum Gasteiger partial charge on any atom is -0.249 e. The fraction of sp³-hybridized carbons (Fsp3) is 0.100. The molecule has 5 heteroatoms. The van der Waals surface area contributed by atoms with Gasteiger partial charge >= 0.3 is 0 Å². The number of rotatable bonds is 0. The first-order valence-electron chi connectivity index (χ1n) is 4.11. The molecule has 0 aliphatic carbocycles. The monoisotopic (exact) mass is 339 g/mol. The molecule has 0 amide bonds. The minimum atomic E-state index is -0.950. The van der Waals surface area contributed by atoms with Gasteiger partial charge in [-0.15, -0.1) is 0 Å². The van der Waals surface area contributed by atoms with Gasteiger partial charge < -0.3 is 0 Å². The Bertz CT molecular complexity index is 557. The molecule has 1 aromatic heterocycles. The third-order valence-corrected chi connectivity index (χ3v) is 4.13. The van der Waals surface area contributed by atoms with Crippen LogP contribution in [0.5, 0.6) is 0 Å². The Labute approximate surface area is 104 Å². The van der Waals surface area contributed by atoms with E-state index in [0.29, 0.717) is 16.1 Å². The summed E-state index contributed by atoms with van der Waals surface area (Å²) in [6, 6.07) is 2.49. The molecule has 2 aromatic rings. The van der Waals surface area contributed by atoms with Crippen LogP contribution < -0.4 is 0 Å². The van der Waals surface area contributed by atoms with E-state index in [1.54, 1.807) is 6.92 Å². The van der Waals surface area contributed by atoms with Crippen LogP contribution in [0.4, 0.5) is 8.78 Å². The van der Waals surface area contributed by atoms with E-state index < -0.39 is 11.6 Å². The Hall–Kier alpha value is -0.490. The molecule has 0 saturated carbocycles. The summed E-state index contributed by atoms with van der Waals surface area (Å²) >= 11 is 8.05. The van der Waals surface area contributed by atoms with E-state index in [2.05, 4.69) is 4.98 Å². The SMILES string of the molecule is Cc1nc2c(F)c(F)ccc2c(Cl)c1I. The first-order chi connectivity index (χ1) is 7.02. The molecule has 0 radical (unpaired) electrons. The molecule has 1 heterocycles. The molecule has 0 saturated heterocycles. The average Bonchev–Trinajstić information content (AvgIpc) is 2.21. The van der Waals surface area contributed by atoms with E-state index in [-0.39, 0.29) is 5.52 Å². The lowest BCUT2D eigenvalue weighted by Crippen LogP contribution is -1.95. The number of halogens is 4. The Kier molecular flexibility index (Phi) is 2.81. The maximum Gasteiger partial charge on any atom is 0.185 e. The number of hydrogen-bond donors (Lipinski definition) is 0. The summed E-state index contributed by atoms with van der Waals surface area (Å²) in [6.07, 6.45) is 0. The van der Waals surface area contributed by atoms with Crippen LogP contribution in [0.1, 0.15) is 5.69 Å². The zero-order chi connectivity index (χ0) is 11.2. The highest BCUT2D eigenvalue weighted by atomic mass is 127. The smallest absolute Gasteiger partial charge is 0.185 e. The molecule has 2 rings (SSSR count). The van der Waals surface area contributed by atoms with Crippen LogP contribution in [0.3, 0.4) is 0 Å². The molecule has 0 aliphatic heterocycles. The Morgan fingerprint density at radius 1 is 1.33 bits per heavy atom. The van der Waals surface area contributed by atoms with Crippen molar-refractivity contribution in [1.29, 1.82) is 0 Å². The minimum absolute atomic E-state index is 0.0158. The van der Waals surface area contributed by atoms with Crippen LogP contribution in [-0.2, 0) is 0 Å². The lowest BCUT2D eigenvalue weighted by molar-refractivity contribution is 0.515. The molecule has 0 atom stereocenters.